The number of benzene rings is 1. The Balaban J connectivity index is 2.81. The molecule has 17 heavy (non-hydrogen) atoms. The SMILES string of the molecule is NC(=S)c1cc(Br)ccc1NCCS(N)(=O)=O. The molecule has 0 heterocycles. The summed E-state index contributed by atoms with van der Waals surface area (Å²) in [6.07, 6.45) is 0. The average Bonchev–Trinajstić information content (AvgIpc) is 2.18. The summed E-state index contributed by atoms with van der Waals surface area (Å²) in [5, 5.41) is 7.83. The topological polar surface area (TPSA) is 98.2 Å². The van der Waals surface area contributed by atoms with Crippen molar-refractivity contribution in [1.82, 2.24) is 0 Å². The molecule has 0 saturated carbocycles. The normalized spacial score (nSPS) is 11.2. The molecule has 1 rings (SSSR count). The van der Waals surface area contributed by atoms with Crippen LogP contribution in [-0.2, 0) is 10.0 Å². The Morgan fingerprint density at radius 2 is 2.12 bits per heavy atom. The van der Waals surface area contributed by atoms with Gasteiger partial charge in [0.2, 0.25) is 10.0 Å². The number of thiocarbonyl (C=S) groups is 1. The molecule has 0 fully saturated rings. The van der Waals surface area contributed by atoms with Crippen LogP contribution < -0.4 is 16.2 Å². The number of halogens is 1. The van der Waals surface area contributed by atoms with E-state index in [9.17, 15) is 8.42 Å². The lowest BCUT2D eigenvalue weighted by molar-refractivity contribution is 0.598. The lowest BCUT2D eigenvalue weighted by Gasteiger charge is -2.11. The Kier molecular flexibility index (Phi) is 4.87. The van der Waals surface area contributed by atoms with Gasteiger partial charge < -0.3 is 11.1 Å². The van der Waals surface area contributed by atoms with Crippen LogP contribution in [0.25, 0.3) is 0 Å². The number of hydrogen-bond donors (Lipinski definition) is 3. The van der Waals surface area contributed by atoms with E-state index in [2.05, 4.69) is 21.2 Å². The quantitative estimate of drug-likeness (QED) is 0.690. The van der Waals surface area contributed by atoms with Crippen molar-refractivity contribution in [2.75, 3.05) is 17.6 Å². The maximum Gasteiger partial charge on any atom is 0.210 e. The molecule has 5 nitrogen and oxygen atoms in total. The van der Waals surface area contributed by atoms with Crippen molar-refractivity contribution in [3.63, 3.8) is 0 Å². The Hall–Kier alpha value is -0.700. The zero-order chi connectivity index (χ0) is 13.1. The number of rotatable bonds is 5. The fraction of sp³-hybridized carbons (Fsp3) is 0.222. The van der Waals surface area contributed by atoms with Gasteiger partial charge in [-0.1, -0.05) is 28.1 Å². The molecule has 5 N–H and O–H groups in total. The van der Waals surface area contributed by atoms with Crippen LogP contribution in [0.5, 0.6) is 0 Å². The molecule has 0 atom stereocenters. The first-order chi connectivity index (χ1) is 7.79. The van der Waals surface area contributed by atoms with Crippen molar-refractivity contribution < 1.29 is 8.42 Å². The molecule has 0 spiro atoms. The van der Waals surface area contributed by atoms with E-state index in [1.54, 1.807) is 18.2 Å². The Morgan fingerprint density at radius 1 is 1.47 bits per heavy atom. The summed E-state index contributed by atoms with van der Waals surface area (Å²) in [6, 6.07) is 5.34. The van der Waals surface area contributed by atoms with Gasteiger partial charge in [-0.25, -0.2) is 13.6 Å². The highest BCUT2D eigenvalue weighted by Crippen LogP contribution is 2.20. The third-order valence-electron chi connectivity index (χ3n) is 1.95. The largest absolute Gasteiger partial charge is 0.389 e. The van der Waals surface area contributed by atoms with Crippen molar-refractivity contribution >= 4 is 48.8 Å². The first kappa shape index (κ1) is 14.4. The van der Waals surface area contributed by atoms with Crippen LogP contribution in [0.3, 0.4) is 0 Å². The molecule has 1 aromatic rings. The van der Waals surface area contributed by atoms with Crippen LogP contribution in [0.15, 0.2) is 22.7 Å². The first-order valence-corrected chi connectivity index (χ1v) is 7.55. The number of hydrogen-bond acceptors (Lipinski definition) is 4. The van der Waals surface area contributed by atoms with Crippen molar-refractivity contribution in [2.45, 2.75) is 0 Å². The second-order valence-electron chi connectivity index (χ2n) is 3.35. The van der Waals surface area contributed by atoms with Crippen molar-refractivity contribution in [2.24, 2.45) is 10.9 Å². The molecule has 0 aliphatic rings. The van der Waals surface area contributed by atoms with E-state index in [1.807, 2.05) is 0 Å². The standard InChI is InChI=1S/C9H12BrN3O2S2/c10-6-1-2-8(7(5-6)9(11)16)13-3-4-17(12,14)15/h1-2,5,13H,3-4H2,(H2,11,16)(H2,12,14,15). The zero-order valence-corrected chi connectivity index (χ0v) is 12.0. The zero-order valence-electron chi connectivity index (χ0n) is 8.81. The minimum atomic E-state index is -3.47. The maximum absolute atomic E-state index is 10.8. The molecule has 0 radical (unpaired) electrons. The molecule has 0 unspecified atom stereocenters. The number of anilines is 1. The minimum absolute atomic E-state index is 0.153. The summed E-state index contributed by atoms with van der Waals surface area (Å²) in [4.78, 5) is 0.240. The van der Waals surface area contributed by atoms with E-state index < -0.39 is 10.0 Å². The van der Waals surface area contributed by atoms with Gasteiger partial charge in [0.1, 0.15) is 4.99 Å². The predicted molar refractivity (Wildman–Crippen MR) is 76.5 cm³/mol. The van der Waals surface area contributed by atoms with E-state index >= 15 is 0 Å². The van der Waals surface area contributed by atoms with Crippen molar-refractivity contribution in [3.05, 3.63) is 28.2 Å². The fourth-order valence-electron chi connectivity index (χ4n) is 1.20. The summed E-state index contributed by atoms with van der Waals surface area (Å²) in [5.74, 6) is -0.153. The van der Waals surface area contributed by atoms with Gasteiger partial charge in [-0.3, -0.25) is 0 Å². The summed E-state index contributed by atoms with van der Waals surface area (Å²) in [6.45, 7) is 0.204. The molecule has 0 aliphatic heterocycles. The minimum Gasteiger partial charge on any atom is -0.389 e. The van der Waals surface area contributed by atoms with Gasteiger partial charge >= 0.3 is 0 Å². The molecule has 94 valence electrons. The third kappa shape index (κ3) is 4.99. The van der Waals surface area contributed by atoms with Crippen LogP contribution in [0.4, 0.5) is 5.69 Å². The van der Waals surface area contributed by atoms with Crippen LogP contribution in [-0.4, -0.2) is 25.7 Å². The average molecular weight is 338 g/mol. The highest BCUT2D eigenvalue weighted by Gasteiger charge is 2.07. The van der Waals surface area contributed by atoms with Gasteiger partial charge in [-0.05, 0) is 18.2 Å². The van der Waals surface area contributed by atoms with E-state index in [0.717, 1.165) is 4.47 Å². The summed E-state index contributed by atoms with van der Waals surface area (Å²) in [7, 11) is -3.47. The van der Waals surface area contributed by atoms with E-state index in [4.69, 9.17) is 23.1 Å². The summed E-state index contributed by atoms with van der Waals surface area (Å²) in [5.41, 5.74) is 6.91. The molecule has 0 amide bonds. The van der Waals surface area contributed by atoms with E-state index in [1.165, 1.54) is 0 Å². The molecule has 0 aliphatic carbocycles. The summed E-state index contributed by atoms with van der Waals surface area (Å²) < 4.78 is 22.4. The molecule has 0 bridgehead atoms. The number of primary sulfonamides is 1. The number of nitrogens with two attached hydrogens (primary N) is 2. The van der Waals surface area contributed by atoms with Crippen LogP contribution in [0.1, 0.15) is 5.56 Å². The van der Waals surface area contributed by atoms with Gasteiger partial charge in [0, 0.05) is 22.3 Å². The monoisotopic (exact) mass is 337 g/mol. The Labute approximate surface area is 114 Å². The van der Waals surface area contributed by atoms with Gasteiger partial charge in [-0.15, -0.1) is 0 Å². The second-order valence-corrected chi connectivity index (χ2v) is 6.44. The van der Waals surface area contributed by atoms with Crippen LogP contribution >= 0.6 is 28.1 Å². The van der Waals surface area contributed by atoms with Crippen LogP contribution in [0, 0.1) is 0 Å². The molecule has 0 saturated heterocycles. The van der Waals surface area contributed by atoms with Gasteiger partial charge in [0.15, 0.2) is 0 Å². The first-order valence-electron chi connectivity index (χ1n) is 4.63. The number of nitrogens with one attached hydrogen (secondary N) is 1. The smallest absolute Gasteiger partial charge is 0.210 e. The maximum atomic E-state index is 10.8. The highest BCUT2D eigenvalue weighted by molar-refractivity contribution is 9.10. The lowest BCUT2D eigenvalue weighted by atomic mass is 10.2. The lowest BCUT2D eigenvalue weighted by Crippen LogP contribution is -2.23. The molecular formula is C9H12BrN3O2S2. The van der Waals surface area contributed by atoms with E-state index in [-0.39, 0.29) is 17.3 Å². The molecular weight excluding hydrogens is 326 g/mol. The molecule has 8 heteroatoms. The van der Waals surface area contributed by atoms with Gasteiger partial charge in [0.25, 0.3) is 0 Å². The predicted octanol–water partition coefficient (Wildman–Crippen LogP) is 0.784. The highest BCUT2D eigenvalue weighted by atomic mass is 79.9. The summed E-state index contributed by atoms with van der Waals surface area (Å²) >= 11 is 8.21. The molecule has 1 aromatic carbocycles. The van der Waals surface area contributed by atoms with Crippen molar-refractivity contribution in [1.29, 1.82) is 0 Å². The Bertz CT molecular complexity index is 531. The van der Waals surface area contributed by atoms with Crippen molar-refractivity contribution in [3.8, 4) is 0 Å². The van der Waals surface area contributed by atoms with Gasteiger partial charge in [-0.2, -0.15) is 0 Å². The Morgan fingerprint density at radius 3 is 2.65 bits per heavy atom. The third-order valence-corrected chi connectivity index (χ3v) is 3.44. The number of sulfonamides is 1. The molecule has 0 aromatic heterocycles. The van der Waals surface area contributed by atoms with Gasteiger partial charge in [0.05, 0.1) is 5.75 Å². The second kappa shape index (κ2) is 5.76. The fourth-order valence-corrected chi connectivity index (χ4v) is 2.12. The van der Waals surface area contributed by atoms with E-state index in [0.29, 0.717) is 11.3 Å². The van der Waals surface area contributed by atoms with Crippen LogP contribution in [0.2, 0.25) is 0 Å².